The summed E-state index contributed by atoms with van der Waals surface area (Å²) in [6.07, 6.45) is -0.215. The van der Waals surface area contributed by atoms with Crippen LogP contribution in [0.1, 0.15) is 11.6 Å². The number of halogens is 1. The highest BCUT2D eigenvalue weighted by atomic mass is 127. The van der Waals surface area contributed by atoms with Crippen LogP contribution in [-0.4, -0.2) is 22.2 Å². The van der Waals surface area contributed by atoms with E-state index in [-0.39, 0.29) is 12.1 Å². The highest BCUT2D eigenvalue weighted by molar-refractivity contribution is 14.1. The molecule has 0 unspecified atom stereocenters. The van der Waals surface area contributed by atoms with Crippen LogP contribution in [0, 0.1) is 0 Å². The smallest absolute Gasteiger partial charge is 0.411 e. The van der Waals surface area contributed by atoms with Gasteiger partial charge in [-0.3, -0.25) is 4.90 Å². The van der Waals surface area contributed by atoms with Gasteiger partial charge in [-0.05, 0) is 5.56 Å². The normalized spacial score (nSPS) is 21.1. The lowest BCUT2D eigenvalue weighted by Crippen LogP contribution is -2.25. The number of alkyl halides is 1. The van der Waals surface area contributed by atoms with E-state index in [1.165, 1.54) is 0 Å². The fraction of sp³-hybridized carbons (Fsp3) is 0.300. The second kappa shape index (κ2) is 4.16. The van der Waals surface area contributed by atoms with Crippen molar-refractivity contribution in [2.45, 2.75) is 6.04 Å². The number of benzene rings is 1. The Bertz CT molecular complexity index is 328. The summed E-state index contributed by atoms with van der Waals surface area (Å²) in [4.78, 5) is 13.0. The molecular formula is C10H10INO2. The molecule has 0 bridgehead atoms. The Hall–Kier alpha value is -0.780. The predicted octanol–water partition coefficient (Wildman–Crippen LogP) is 2.57. The zero-order valence-corrected chi connectivity index (χ0v) is 9.68. The Morgan fingerprint density at radius 2 is 2.14 bits per heavy atom. The highest BCUT2D eigenvalue weighted by Gasteiger charge is 2.32. The van der Waals surface area contributed by atoms with E-state index in [0.29, 0.717) is 11.2 Å². The van der Waals surface area contributed by atoms with Crippen molar-refractivity contribution in [2.24, 2.45) is 0 Å². The van der Waals surface area contributed by atoms with Gasteiger partial charge in [-0.15, -0.1) is 0 Å². The van der Waals surface area contributed by atoms with Gasteiger partial charge in [-0.1, -0.05) is 52.9 Å². The minimum atomic E-state index is -0.215. The fourth-order valence-corrected chi connectivity index (χ4v) is 2.29. The quantitative estimate of drug-likeness (QED) is 0.477. The first-order valence-corrected chi connectivity index (χ1v) is 5.90. The first kappa shape index (κ1) is 9.76. The van der Waals surface area contributed by atoms with Crippen LogP contribution in [0.15, 0.2) is 30.3 Å². The molecule has 0 N–H and O–H groups in total. The largest absolute Gasteiger partial charge is 0.447 e. The zero-order chi connectivity index (χ0) is 9.97. The molecule has 1 aliphatic heterocycles. The minimum absolute atomic E-state index is 0.0839. The topological polar surface area (TPSA) is 29.5 Å². The lowest BCUT2D eigenvalue weighted by molar-refractivity contribution is 0.162. The second-order valence-corrected chi connectivity index (χ2v) is 3.77. The monoisotopic (exact) mass is 303 g/mol. The van der Waals surface area contributed by atoms with Crippen molar-refractivity contribution in [1.82, 2.24) is 4.90 Å². The Morgan fingerprint density at radius 1 is 1.43 bits per heavy atom. The third kappa shape index (κ3) is 1.70. The zero-order valence-electron chi connectivity index (χ0n) is 7.52. The Labute approximate surface area is 96.2 Å². The van der Waals surface area contributed by atoms with Gasteiger partial charge in [0.1, 0.15) is 6.61 Å². The molecule has 0 aromatic heterocycles. The number of carbonyl (C=O) groups is 1. The van der Waals surface area contributed by atoms with Gasteiger partial charge >= 0.3 is 6.09 Å². The summed E-state index contributed by atoms with van der Waals surface area (Å²) in [6.45, 7) is 0.464. The molecule has 74 valence electrons. The molecule has 1 fully saturated rings. The van der Waals surface area contributed by atoms with Gasteiger partial charge in [0.15, 0.2) is 0 Å². The first-order chi connectivity index (χ1) is 6.83. The molecule has 0 saturated carbocycles. The molecular weight excluding hydrogens is 293 g/mol. The van der Waals surface area contributed by atoms with Crippen molar-refractivity contribution in [3.05, 3.63) is 35.9 Å². The lowest BCUT2D eigenvalue weighted by atomic mass is 10.1. The van der Waals surface area contributed by atoms with Crippen molar-refractivity contribution in [3.8, 4) is 0 Å². The molecule has 1 amide bonds. The van der Waals surface area contributed by atoms with Crippen molar-refractivity contribution in [3.63, 3.8) is 0 Å². The number of rotatable bonds is 2. The molecule has 1 heterocycles. The summed E-state index contributed by atoms with van der Waals surface area (Å²) in [5.41, 5.74) is 1.13. The molecule has 0 aliphatic carbocycles. The van der Waals surface area contributed by atoms with E-state index in [9.17, 15) is 4.79 Å². The van der Waals surface area contributed by atoms with Crippen LogP contribution in [0.25, 0.3) is 0 Å². The van der Waals surface area contributed by atoms with E-state index in [2.05, 4.69) is 22.6 Å². The van der Waals surface area contributed by atoms with Crippen LogP contribution >= 0.6 is 22.6 Å². The maximum absolute atomic E-state index is 11.3. The number of amides is 1. The molecule has 4 heteroatoms. The van der Waals surface area contributed by atoms with Gasteiger partial charge in [0.05, 0.1) is 10.6 Å². The third-order valence-electron chi connectivity index (χ3n) is 2.29. The van der Waals surface area contributed by atoms with Crippen LogP contribution in [0.2, 0.25) is 0 Å². The molecule has 1 aliphatic rings. The van der Waals surface area contributed by atoms with Crippen LogP contribution in [0.3, 0.4) is 0 Å². The summed E-state index contributed by atoms with van der Waals surface area (Å²) in [7, 11) is 0. The highest BCUT2D eigenvalue weighted by Crippen LogP contribution is 2.27. The maximum Gasteiger partial charge on any atom is 0.411 e. The van der Waals surface area contributed by atoms with Crippen molar-refractivity contribution in [2.75, 3.05) is 11.2 Å². The summed E-state index contributed by atoms with van der Waals surface area (Å²) < 4.78 is 5.67. The number of cyclic esters (lactones) is 1. The molecule has 1 saturated heterocycles. The summed E-state index contributed by atoms with van der Waals surface area (Å²) in [6, 6.07) is 10.0. The van der Waals surface area contributed by atoms with Gasteiger partial charge in [0, 0.05) is 0 Å². The van der Waals surface area contributed by atoms with E-state index in [1.807, 2.05) is 30.3 Å². The average Bonchev–Trinajstić information content (AvgIpc) is 2.61. The Morgan fingerprint density at radius 3 is 2.79 bits per heavy atom. The van der Waals surface area contributed by atoms with Crippen molar-refractivity contribution < 1.29 is 9.53 Å². The van der Waals surface area contributed by atoms with Crippen LogP contribution < -0.4 is 0 Å². The summed E-state index contributed by atoms with van der Waals surface area (Å²) in [5.74, 6) is 0. The molecule has 1 aromatic rings. The molecule has 2 rings (SSSR count). The standard InChI is InChI=1S/C10H10INO2/c11-7-12-9(6-14-10(12)13)8-4-2-1-3-5-8/h1-5,9H,6-7H2/t9-/m1/s1. The average molecular weight is 303 g/mol. The number of nitrogens with zero attached hydrogens (tertiary/aromatic N) is 1. The van der Waals surface area contributed by atoms with Crippen LogP contribution in [-0.2, 0) is 4.74 Å². The van der Waals surface area contributed by atoms with Gasteiger partial charge in [-0.2, -0.15) is 0 Å². The number of hydrogen-bond acceptors (Lipinski definition) is 2. The molecule has 0 spiro atoms. The predicted molar refractivity (Wildman–Crippen MR) is 61.3 cm³/mol. The van der Waals surface area contributed by atoms with Crippen LogP contribution in [0.5, 0.6) is 0 Å². The van der Waals surface area contributed by atoms with Crippen molar-refractivity contribution in [1.29, 1.82) is 0 Å². The van der Waals surface area contributed by atoms with Crippen molar-refractivity contribution >= 4 is 28.7 Å². The molecule has 1 aromatic carbocycles. The van der Waals surface area contributed by atoms with Gasteiger partial charge in [0.2, 0.25) is 0 Å². The van der Waals surface area contributed by atoms with E-state index in [1.54, 1.807) is 4.90 Å². The van der Waals surface area contributed by atoms with Gasteiger partial charge in [-0.25, -0.2) is 4.79 Å². The SMILES string of the molecule is O=C1OC[C@H](c2ccccc2)N1CI. The second-order valence-electron chi connectivity index (χ2n) is 3.09. The van der Waals surface area contributed by atoms with E-state index in [0.717, 1.165) is 5.56 Å². The first-order valence-electron chi connectivity index (χ1n) is 4.37. The molecule has 3 nitrogen and oxygen atoms in total. The molecule has 14 heavy (non-hydrogen) atoms. The third-order valence-corrected chi connectivity index (χ3v) is 3.02. The van der Waals surface area contributed by atoms with E-state index in [4.69, 9.17) is 4.74 Å². The van der Waals surface area contributed by atoms with Gasteiger partial charge in [0.25, 0.3) is 0 Å². The fourth-order valence-electron chi connectivity index (χ4n) is 1.53. The number of ether oxygens (including phenoxy) is 1. The number of hydrogen-bond donors (Lipinski definition) is 0. The van der Waals surface area contributed by atoms with Gasteiger partial charge < -0.3 is 4.74 Å². The van der Waals surface area contributed by atoms with Crippen LogP contribution in [0.4, 0.5) is 4.79 Å². The molecule has 0 radical (unpaired) electrons. The molecule has 1 atom stereocenters. The minimum Gasteiger partial charge on any atom is -0.447 e. The van der Waals surface area contributed by atoms with E-state index >= 15 is 0 Å². The Kier molecular flexibility index (Phi) is 2.90. The van der Waals surface area contributed by atoms with E-state index < -0.39 is 0 Å². The number of carbonyl (C=O) groups excluding carboxylic acids is 1. The lowest BCUT2D eigenvalue weighted by Gasteiger charge is -2.18. The summed E-state index contributed by atoms with van der Waals surface area (Å²) >= 11 is 2.17. The maximum atomic E-state index is 11.3. The Balaban J connectivity index is 2.23. The summed E-state index contributed by atoms with van der Waals surface area (Å²) in [5, 5.41) is 0.